The van der Waals surface area contributed by atoms with Crippen LogP contribution in [0.15, 0.2) is 30.5 Å². The fourth-order valence-corrected chi connectivity index (χ4v) is 1.64. The first-order chi connectivity index (χ1) is 6.20. The van der Waals surface area contributed by atoms with Gasteiger partial charge in [0.25, 0.3) is 0 Å². The second-order valence-electron chi connectivity index (χ2n) is 3.23. The van der Waals surface area contributed by atoms with Crippen LogP contribution in [-0.4, -0.2) is 9.67 Å². The number of aliphatic hydroxyl groups is 1. The maximum atomic E-state index is 9.41. The van der Waals surface area contributed by atoms with Gasteiger partial charge in [-0.25, -0.2) is 0 Å². The van der Waals surface area contributed by atoms with Gasteiger partial charge in [-0.2, -0.15) is 0 Å². The van der Waals surface area contributed by atoms with Crippen molar-refractivity contribution in [3.05, 3.63) is 42.9 Å². The van der Waals surface area contributed by atoms with Crippen LogP contribution >= 0.6 is 0 Å². The van der Waals surface area contributed by atoms with Gasteiger partial charge in [-0.3, -0.25) is 0 Å². The van der Waals surface area contributed by atoms with Crippen LogP contribution in [0.25, 0.3) is 10.9 Å². The zero-order valence-corrected chi connectivity index (χ0v) is 7.57. The summed E-state index contributed by atoms with van der Waals surface area (Å²) < 4.78 is 2.00. The largest absolute Gasteiger partial charge is 0.388 e. The molecule has 67 valence electrons. The zero-order valence-electron chi connectivity index (χ0n) is 7.57. The number of hydrogen-bond acceptors (Lipinski definition) is 1. The molecule has 1 aromatic carbocycles. The molecule has 13 heavy (non-hydrogen) atoms. The Morgan fingerprint density at radius 2 is 2.08 bits per heavy atom. The van der Waals surface area contributed by atoms with Crippen LogP contribution < -0.4 is 0 Å². The highest BCUT2D eigenvalue weighted by molar-refractivity contribution is 5.84. The van der Waals surface area contributed by atoms with Crippen molar-refractivity contribution < 1.29 is 5.11 Å². The summed E-state index contributed by atoms with van der Waals surface area (Å²) in [5.41, 5.74) is 2.01. The van der Waals surface area contributed by atoms with Gasteiger partial charge >= 0.3 is 0 Å². The van der Waals surface area contributed by atoms with Gasteiger partial charge in [-0.15, -0.1) is 0 Å². The number of para-hydroxylation sites is 1. The molecule has 1 radical (unpaired) electrons. The monoisotopic (exact) mass is 174 g/mol. The molecule has 2 nitrogen and oxygen atoms in total. The van der Waals surface area contributed by atoms with Crippen molar-refractivity contribution in [2.75, 3.05) is 0 Å². The molecule has 0 saturated heterocycles. The predicted octanol–water partition coefficient (Wildman–Crippen LogP) is 2.05. The summed E-state index contributed by atoms with van der Waals surface area (Å²) in [5, 5.41) is 10.5. The lowest BCUT2D eigenvalue weighted by atomic mass is 10.1. The standard InChI is InChI=1S/C11H12NO/c1-8(13)10-7-12(2)11-6-4-3-5-9(10)11/h3-8,13H,1H2,2H3. The van der Waals surface area contributed by atoms with Gasteiger partial charge in [0.2, 0.25) is 0 Å². The highest BCUT2D eigenvalue weighted by Crippen LogP contribution is 2.24. The molecule has 0 aliphatic heterocycles. The Labute approximate surface area is 77.4 Å². The second kappa shape index (κ2) is 2.89. The van der Waals surface area contributed by atoms with Gasteiger partial charge in [-0.1, -0.05) is 18.2 Å². The molecule has 1 unspecified atom stereocenters. The Kier molecular flexibility index (Phi) is 1.85. The van der Waals surface area contributed by atoms with Crippen LogP contribution in [0.5, 0.6) is 0 Å². The van der Waals surface area contributed by atoms with E-state index in [0.717, 1.165) is 16.5 Å². The average molecular weight is 174 g/mol. The van der Waals surface area contributed by atoms with Gasteiger partial charge in [0.05, 0.1) is 6.10 Å². The Morgan fingerprint density at radius 1 is 1.38 bits per heavy atom. The SMILES string of the molecule is [CH2]C(O)c1cn(C)c2ccccc12. The molecule has 0 amide bonds. The fourth-order valence-electron chi connectivity index (χ4n) is 1.64. The van der Waals surface area contributed by atoms with Crippen LogP contribution in [0, 0.1) is 6.92 Å². The number of fused-ring (bicyclic) bond motifs is 1. The number of aliphatic hydroxyl groups excluding tert-OH is 1. The Hall–Kier alpha value is -1.28. The van der Waals surface area contributed by atoms with Crippen LogP contribution in [-0.2, 0) is 7.05 Å². The van der Waals surface area contributed by atoms with Gasteiger partial charge < -0.3 is 9.67 Å². The third-order valence-corrected chi connectivity index (χ3v) is 2.29. The fraction of sp³-hybridized carbons (Fsp3) is 0.182. The summed E-state index contributed by atoms with van der Waals surface area (Å²) in [6.07, 6.45) is 1.27. The van der Waals surface area contributed by atoms with E-state index in [-0.39, 0.29) is 0 Å². The maximum absolute atomic E-state index is 9.41. The van der Waals surface area contributed by atoms with Crippen molar-refractivity contribution in [3.8, 4) is 0 Å². The molecule has 2 heteroatoms. The molecule has 0 saturated carbocycles. The number of aromatic nitrogens is 1. The number of aryl methyl sites for hydroxylation is 1. The van der Waals surface area contributed by atoms with Crippen molar-refractivity contribution in [3.63, 3.8) is 0 Å². The third kappa shape index (κ3) is 1.23. The smallest absolute Gasteiger partial charge is 0.0811 e. The Bertz CT molecular complexity index is 429. The van der Waals surface area contributed by atoms with E-state index in [2.05, 4.69) is 6.92 Å². The minimum Gasteiger partial charge on any atom is -0.388 e. The molecule has 2 aromatic rings. The summed E-state index contributed by atoms with van der Waals surface area (Å²) in [7, 11) is 1.97. The van der Waals surface area contributed by atoms with Crippen molar-refractivity contribution in [2.45, 2.75) is 6.10 Å². The predicted molar refractivity (Wildman–Crippen MR) is 53.2 cm³/mol. The lowest BCUT2D eigenvalue weighted by Gasteiger charge is -1.99. The average Bonchev–Trinajstić information content (AvgIpc) is 2.45. The molecule has 0 bridgehead atoms. The van der Waals surface area contributed by atoms with Crippen LogP contribution in [0.2, 0.25) is 0 Å². The van der Waals surface area contributed by atoms with E-state index in [1.165, 1.54) is 0 Å². The Morgan fingerprint density at radius 3 is 2.77 bits per heavy atom. The van der Waals surface area contributed by atoms with E-state index < -0.39 is 6.10 Å². The molecule has 1 aromatic heterocycles. The van der Waals surface area contributed by atoms with Crippen molar-refractivity contribution in [1.82, 2.24) is 4.57 Å². The molecule has 1 N–H and O–H groups in total. The highest BCUT2D eigenvalue weighted by Gasteiger charge is 2.09. The van der Waals surface area contributed by atoms with Crippen molar-refractivity contribution >= 4 is 10.9 Å². The molecule has 1 atom stereocenters. The van der Waals surface area contributed by atoms with E-state index in [1.807, 2.05) is 42.1 Å². The first kappa shape index (κ1) is 8.32. The van der Waals surface area contributed by atoms with E-state index in [0.29, 0.717) is 0 Å². The van der Waals surface area contributed by atoms with Crippen LogP contribution in [0.1, 0.15) is 11.7 Å². The van der Waals surface area contributed by atoms with Gasteiger partial charge in [0, 0.05) is 29.7 Å². The summed E-state index contributed by atoms with van der Waals surface area (Å²) >= 11 is 0. The first-order valence-corrected chi connectivity index (χ1v) is 4.25. The molecule has 0 spiro atoms. The molecular weight excluding hydrogens is 162 g/mol. The summed E-state index contributed by atoms with van der Waals surface area (Å²) in [6.45, 7) is 3.61. The molecular formula is C11H12NO. The minimum absolute atomic E-state index is 0.647. The molecule has 0 aliphatic rings. The topological polar surface area (TPSA) is 25.2 Å². The summed E-state index contributed by atoms with van der Waals surface area (Å²) in [4.78, 5) is 0. The van der Waals surface area contributed by atoms with Crippen LogP contribution in [0.4, 0.5) is 0 Å². The first-order valence-electron chi connectivity index (χ1n) is 4.25. The third-order valence-electron chi connectivity index (χ3n) is 2.29. The normalized spacial score (nSPS) is 13.5. The molecule has 0 aliphatic carbocycles. The van der Waals surface area contributed by atoms with E-state index in [1.54, 1.807) is 0 Å². The second-order valence-corrected chi connectivity index (χ2v) is 3.23. The highest BCUT2D eigenvalue weighted by atomic mass is 16.3. The van der Waals surface area contributed by atoms with Gasteiger partial charge in [0.15, 0.2) is 0 Å². The lowest BCUT2D eigenvalue weighted by molar-refractivity contribution is 0.227. The molecule has 2 rings (SSSR count). The molecule has 1 heterocycles. The summed E-state index contributed by atoms with van der Waals surface area (Å²) in [6, 6.07) is 7.98. The Balaban J connectivity index is 2.78. The lowest BCUT2D eigenvalue weighted by Crippen LogP contribution is -1.88. The van der Waals surface area contributed by atoms with Gasteiger partial charge in [-0.05, 0) is 13.0 Å². The number of hydrogen-bond donors (Lipinski definition) is 1. The summed E-state index contributed by atoms with van der Waals surface area (Å²) in [5.74, 6) is 0. The quantitative estimate of drug-likeness (QED) is 0.703. The van der Waals surface area contributed by atoms with Crippen molar-refractivity contribution in [1.29, 1.82) is 0 Å². The van der Waals surface area contributed by atoms with E-state index in [9.17, 15) is 5.11 Å². The van der Waals surface area contributed by atoms with Crippen molar-refractivity contribution in [2.24, 2.45) is 7.05 Å². The van der Waals surface area contributed by atoms with Gasteiger partial charge in [0.1, 0.15) is 0 Å². The minimum atomic E-state index is -0.647. The molecule has 0 fully saturated rings. The van der Waals surface area contributed by atoms with E-state index in [4.69, 9.17) is 0 Å². The number of benzene rings is 1. The maximum Gasteiger partial charge on any atom is 0.0811 e. The number of rotatable bonds is 1. The van der Waals surface area contributed by atoms with E-state index >= 15 is 0 Å². The number of nitrogens with zero attached hydrogens (tertiary/aromatic N) is 1. The van der Waals surface area contributed by atoms with Crippen LogP contribution in [0.3, 0.4) is 0 Å². The zero-order chi connectivity index (χ0) is 9.42.